The van der Waals surface area contributed by atoms with E-state index < -0.39 is 6.10 Å². The van der Waals surface area contributed by atoms with Gasteiger partial charge in [-0.2, -0.15) is 4.99 Å². The number of benzene rings is 2. The molecule has 2 heterocycles. The minimum atomic E-state index is -0.742. The Balaban J connectivity index is 1.70. The van der Waals surface area contributed by atoms with Crippen molar-refractivity contribution in [1.29, 1.82) is 0 Å². The van der Waals surface area contributed by atoms with Crippen LogP contribution in [-0.4, -0.2) is 23.2 Å². The van der Waals surface area contributed by atoms with Crippen molar-refractivity contribution in [3.63, 3.8) is 0 Å². The molecular weight excluding hydrogens is 348 g/mol. The van der Waals surface area contributed by atoms with Crippen LogP contribution in [0.4, 0.5) is 0 Å². The van der Waals surface area contributed by atoms with Crippen LogP contribution in [-0.2, 0) is 11.3 Å². The van der Waals surface area contributed by atoms with Crippen molar-refractivity contribution < 1.29 is 14.3 Å². The molecule has 0 fully saturated rings. The van der Waals surface area contributed by atoms with Crippen LogP contribution in [0.5, 0.6) is 11.5 Å². The van der Waals surface area contributed by atoms with E-state index >= 15 is 0 Å². The van der Waals surface area contributed by atoms with Gasteiger partial charge >= 0.3 is 0 Å². The predicted octanol–water partition coefficient (Wildman–Crippen LogP) is 3.46. The molecule has 1 aliphatic heterocycles. The second-order valence-electron chi connectivity index (χ2n) is 6.07. The number of aryl methyl sites for hydroxylation is 1. The van der Waals surface area contributed by atoms with Crippen molar-refractivity contribution in [1.82, 2.24) is 4.57 Å². The van der Waals surface area contributed by atoms with Crippen LogP contribution in [0.15, 0.2) is 60.1 Å². The van der Waals surface area contributed by atoms with Crippen LogP contribution in [0.25, 0.3) is 10.2 Å². The SMILES string of the molecule is C=CCn1c(=NC(=O)[C@H]2COc3ccccc3O2)sc2cc(C)ccc21. The lowest BCUT2D eigenvalue weighted by atomic mass is 10.2. The van der Waals surface area contributed by atoms with Crippen molar-refractivity contribution in [2.45, 2.75) is 19.6 Å². The van der Waals surface area contributed by atoms with Gasteiger partial charge in [0.05, 0.1) is 10.2 Å². The van der Waals surface area contributed by atoms with E-state index in [1.54, 1.807) is 12.1 Å². The quantitative estimate of drug-likeness (QED) is 0.667. The first-order valence-corrected chi connectivity index (χ1v) is 9.15. The highest BCUT2D eigenvalue weighted by atomic mass is 32.1. The maximum absolute atomic E-state index is 12.7. The number of carbonyl (C=O) groups is 1. The minimum absolute atomic E-state index is 0.158. The molecule has 2 aromatic carbocycles. The maximum Gasteiger partial charge on any atom is 0.292 e. The van der Waals surface area contributed by atoms with E-state index in [1.807, 2.05) is 35.8 Å². The third-order valence-electron chi connectivity index (χ3n) is 4.14. The van der Waals surface area contributed by atoms with Gasteiger partial charge < -0.3 is 14.0 Å². The molecule has 0 N–H and O–H groups in total. The summed E-state index contributed by atoms with van der Waals surface area (Å²) in [4.78, 5) is 17.6. The van der Waals surface area contributed by atoms with Crippen molar-refractivity contribution in [2.75, 3.05) is 6.61 Å². The van der Waals surface area contributed by atoms with E-state index in [0.29, 0.717) is 22.8 Å². The highest BCUT2D eigenvalue weighted by Gasteiger charge is 2.27. The number of allylic oxidation sites excluding steroid dienone is 1. The van der Waals surface area contributed by atoms with E-state index in [-0.39, 0.29) is 12.5 Å². The fraction of sp³-hybridized carbons (Fsp3) is 0.200. The molecule has 4 rings (SSSR count). The number of hydrogen-bond acceptors (Lipinski definition) is 4. The number of fused-ring (bicyclic) bond motifs is 2. The van der Waals surface area contributed by atoms with Crippen LogP contribution in [0.3, 0.4) is 0 Å². The fourth-order valence-corrected chi connectivity index (χ4v) is 4.02. The molecule has 0 aliphatic carbocycles. The van der Waals surface area contributed by atoms with Crippen molar-refractivity contribution in [2.24, 2.45) is 4.99 Å². The number of hydrogen-bond donors (Lipinski definition) is 0. The van der Waals surface area contributed by atoms with Gasteiger partial charge in [0.25, 0.3) is 5.91 Å². The van der Waals surface area contributed by atoms with E-state index in [1.165, 1.54) is 16.9 Å². The summed E-state index contributed by atoms with van der Waals surface area (Å²) >= 11 is 1.49. The van der Waals surface area contributed by atoms with Gasteiger partial charge in [-0.25, -0.2) is 0 Å². The fourth-order valence-electron chi connectivity index (χ4n) is 2.88. The summed E-state index contributed by atoms with van der Waals surface area (Å²) in [5.74, 6) is 0.870. The first-order valence-electron chi connectivity index (χ1n) is 8.33. The Kier molecular flexibility index (Phi) is 4.34. The summed E-state index contributed by atoms with van der Waals surface area (Å²) in [5, 5.41) is 0. The topological polar surface area (TPSA) is 52.8 Å². The third-order valence-corrected chi connectivity index (χ3v) is 5.18. The van der Waals surface area contributed by atoms with Gasteiger partial charge in [0, 0.05) is 6.54 Å². The molecule has 0 unspecified atom stereocenters. The summed E-state index contributed by atoms with van der Waals surface area (Å²) in [5.41, 5.74) is 2.21. The normalized spacial score (nSPS) is 16.7. The Hall–Kier alpha value is -2.86. The maximum atomic E-state index is 12.7. The monoisotopic (exact) mass is 366 g/mol. The summed E-state index contributed by atoms with van der Waals surface area (Å²) in [6, 6.07) is 13.5. The smallest absolute Gasteiger partial charge is 0.292 e. The van der Waals surface area contributed by atoms with Crippen molar-refractivity contribution in [3.05, 3.63) is 65.5 Å². The number of carbonyl (C=O) groups excluding carboxylic acids is 1. The van der Waals surface area contributed by atoms with Gasteiger partial charge in [0.15, 0.2) is 16.3 Å². The van der Waals surface area contributed by atoms with Gasteiger partial charge in [0.2, 0.25) is 6.10 Å². The highest BCUT2D eigenvalue weighted by molar-refractivity contribution is 7.16. The molecule has 1 aliphatic rings. The first kappa shape index (κ1) is 16.6. The molecular formula is C20H18N2O3S. The zero-order chi connectivity index (χ0) is 18.1. The molecule has 0 spiro atoms. The first-order chi connectivity index (χ1) is 12.7. The number of ether oxygens (including phenoxy) is 2. The van der Waals surface area contributed by atoms with Gasteiger partial charge in [0.1, 0.15) is 6.61 Å². The Bertz CT molecular complexity index is 1060. The molecule has 26 heavy (non-hydrogen) atoms. The van der Waals surface area contributed by atoms with Gasteiger partial charge in [-0.15, -0.1) is 6.58 Å². The summed E-state index contributed by atoms with van der Waals surface area (Å²) in [6.45, 7) is 6.59. The largest absolute Gasteiger partial charge is 0.485 e. The number of amides is 1. The average Bonchev–Trinajstić information content (AvgIpc) is 2.98. The summed E-state index contributed by atoms with van der Waals surface area (Å²) < 4.78 is 14.5. The molecule has 5 nitrogen and oxygen atoms in total. The number of rotatable bonds is 3. The molecule has 1 atom stereocenters. The lowest BCUT2D eigenvalue weighted by Gasteiger charge is -2.23. The third kappa shape index (κ3) is 3.04. The lowest BCUT2D eigenvalue weighted by Crippen LogP contribution is -2.36. The summed E-state index contributed by atoms with van der Waals surface area (Å²) in [7, 11) is 0. The van der Waals surface area contributed by atoms with Crippen LogP contribution < -0.4 is 14.3 Å². The molecule has 132 valence electrons. The van der Waals surface area contributed by atoms with E-state index in [0.717, 1.165) is 10.2 Å². The number of thiazole rings is 1. The molecule has 3 aromatic rings. The van der Waals surface area contributed by atoms with Gasteiger partial charge in [-0.3, -0.25) is 4.79 Å². The standard InChI is InChI=1S/C20H18N2O3S/c1-3-10-22-14-9-8-13(2)11-18(14)26-20(22)21-19(23)17-12-24-15-6-4-5-7-16(15)25-17/h3-9,11,17H,1,10,12H2,2H3/t17-/m1/s1. The molecule has 0 radical (unpaired) electrons. The Morgan fingerprint density at radius 2 is 2.15 bits per heavy atom. The van der Waals surface area contributed by atoms with Crippen LogP contribution in [0.2, 0.25) is 0 Å². The van der Waals surface area contributed by atoms with Crippen molar-refractivity contribution in [3.8, 4) is 11.5 Å². The molecule has 1 amide bonds. The molecule has 0 saturated carbocycles. The van der Waals surface area contributed by atoms with Crippen LogP contribution >= 0.6 is 11.3 Å². The van der Waals surface area contributed by atoms with Crippen LogP contribution in [0.1, 0.15) is 5.56 Å². The van der Waals surface area contributed by atoms with Gasteiger partial charge in [-0.1, -0.05) is 35.6 Å². The van der Waals surface area contributed by atoms with Gasteiger partial charge in [-0.05, 0) is 36.8 Å². The minimum Gasteiger partial charge on any atom is -0.485 e. The van der Waals surface area contributed by atoms with E-state index in [4.69, 9.17) is 9.47 Å². The zero-order valence-electron chi connectivity index (χ0n) is 14.3. The second-order valence-corrected chi connectivity index (χ2v) is 7.08. The number of aromatic nitrogens is 1. The Morgan fingerprint density at radius 1 is 1.35 bits per heavy atom. The lowest BCUT2D eigenvalue weighted by molar-refractivity contribution is -0.127. The molecule has 0 saturated heterocycles. The summed E-state index contributed by atoms with van der Waals surface area (Å²) in [6.07, 6.45) is 1.06. The average molecular weight is 366 g/mol. The number of nitrogens with zero attached hydrogens (tertiary/aromatic N) is 2. The van der Waals surface area contributed by atoms with Crippen molar-refractivity contribution >= 4 is 27.5 Å². The van der Waals surface area contributed by atoms with E-state index in [2.05, 4.69) is 23.7 Å². The highest BCUT2D eigenvalue weighted by Crippen LogP contribution is 2.31. The second kappa shape index (κ2) is 6.80. The molecule has 1 aromatic heterocycles. The molecule has 0 bridgehead atoms. The molecule has 6 heteroatoms. The number of para-hydroxylation sites is 2. The Labute approximate surface area is 154 Å². The predicted molar refractivity (Wildman–Crippen MR) is 102 cm³/mol. The van der Waals surface area contributed by atoms with Crippen LogP contribution in [0, 0.1) is 6.92 Å². The Morgan fingerprint density at radius 3 is 2.96 bits per heavy atom. The van der Waals surface area contributed by atoms with E-state index in [9.17, 15) is 4.79 Å². The zero-order valence-corrected chi connectivity index (χ0v) is 15.2.